The van der Waals surface area contributed by atoms with Gasteiger partial charge >= 0.3 is 0 Å². The van der Waals surface area contributed by atoms with Gasteiger partial charge in [-0.1, -0.05) is 18.2 Å². The zero-order valence-electron chi connectivity index (χ0n) is 15.1. The van der Waals surface area contributed by atoms with Crippen LogP contribution in [-0.4, -0.2) is 9.78 Å². The molecule has 6 heteroatoms. The first-order valence-corrected chi connectivity index (χ1v) is 9.07. The molecule has 1 unspecified atom stereocenters. The van der Waals surface area contributed by atoms with E-state index < -0.39 is 11.6 Å². The minimum atomic E-state index is -0.521. The highest BCUT2D eigenvalue weighted by Crippen LogP contribution is 2.30. The number of fused-ring (bicyclic) bond motifs is 1. The van der Waals surface area contributed by atoms with Crippen molar-refractivity contribution in [2.24, 2.45) is 7.05 Å². The average Bonchev–Trinajstić information content (AvgIpc) is 3.05. The predicted molar refractivity (Wildman–Crippen MR) is 98.6 cm³/mol. The molecule has 0 spiro atoms. The Labute approximate surface area is 156 Å². The van der Waals surface area contributed by atoms with Crippen molar-refractivity contribution >= 4 is 0 Å². The molecule has 1 N–H and O–H groups in total. The van der Waals surface area contributed by atoms with Crippen LogP contribution in [0.25, 0.3) is 0 Å². The van der Waals surface area contributed by atoms with Crippen LogP contribution in [0.5, 0.6) is 11.5 Å². The minimum Gasteiger partial charge on any atom is -0.451 e. The largest absolute Gasteiger partial charge is 0.451 e. The molecular formula is C21H21F2N3O. The summed E-state index contributed by atoms with van der Waals surface area (Å²) in [6.45, 7) is 0.538. The van der Waals surface area contributed by atoms with Crippen molar-refractivity contribution in [3.8, 4) is 11.5 Å². The number of ether oxygens (including phenoxy) is 1. The second-order valence-corrected chi connectivity index (χ2v) is 6.79. The maximum absolute atomic E-state index is 14.4. The van der Waals surface area contributed by atoms with Crippen LogP contribution in [-0.2, 0) is 20.0 Å². The van der Waals surface area contributed by atoms with Crippen molar-refractivity contribution in [1.29, 1.82) is 0 Å². The fraction of sp³-hybridized carbons (Fsp3) is 0.286. The minimum absolute atomic E-state index is 0.00795. The van der Waals surface area contributed by atoms with Crippen LogP contribution in [0.15, 0.2) is 48.7 Å². The molecule has 27 heavy (non-hydrogen) atoms. The highest BCUT2D eigenvalue weighted by molar-refractivity contribution is 5.35. The van der Waals surface area contributed by atoms with E-state index >= 15 is 0 Å². The number of benzene rings is 2. The number of aryl methyl sites for hydroxylation is 1. The Kier molecular flexibility index (Phi) is 4.90. The van der Waals surface area contributed by atoms with Crippen molar-refractivity contribution in [3.05, 3.63) is 77.1 Å². The second kappa shape index (κ2) is 7.48. The molecule has 1 aromatic heterocycles. The monoisotopic (exact) mass is 369 g/mol. The van der Waals surface area contributed by atoms with E-state index in [-0.39, 0.29) is 17.5 Å². The van der Waals surface area contributed by atoms with Crippen LogP contribution >= 0.6 is 0 Å². The van der Waals surface area contributed by atoms with Gasteiger partial charge in [0.2, 0.25) is 0 Å². The van der Waals surface area contributed by atoms with Crippen LogP contribution in [0, 0.1) is 11.6 Å². The van der Waals surface area contributed by atoms with Crippen molar-refractivity contribution in [3.63, 3.8) is 0 Å². The molecule has 0 saturated heterocycles. The Morgan fingerprint density at radius 2 is 1.96 bits per heavy atom. The van der Waals surface area contributed by atoms with Crippen molar-refractivity contribution in [1.82, 2.24) is 15.1 Å². The van der Waals surface area contributed by atoms with E-state index in [1.807, 2.05) is 17.9 Å². The maximum Gasteiger partial charge on any atom is 0.166 e. The molecular weight excluding hydrogens is 348 g/mol. The average molecular weight is 369 g/mol. The van der Waals surface area contributed by atoms with Gasteiger partial charge in [-0.25, -0.2) is 8.78 Å². The lowest BCUT2D eigenvalue weighted by Gasteiger charge is -2.24. The highest BCUT2D eigenvalue weighted by Gasteiger charge is 2.23. The summed E-state index contributed by atoms with van der Waals surface area (Å²) in [5.41, 5.74) is 3.30. The lowest BCUT2D eigenvalue weighted by Crippen LogP contribution is -2.25. The van der Waals surface area contributed by atoms with Gasteiger partial charge in [-0.2, -0.15) is 5.10 Å². The van der Waals surface area contributed by atoms with Gasteiger partial charge in [0.1, 0.15) is 0 Å². The lowest BCUT2D eigenvalue weighted by atomic mass is 9.93. The van der Waals surface area contributed by atoms with Crippen LogP contribution in [0.3, 0.4) is 0 Å². The van der Waals surface area contributed by atoms with E-state index in [1.54, 1.807) is 18.2 Å². The van der Waals surface area contributed by atoms with Gasteiger partial charge in [-0.05, 0) is 49.1 Å². The number of rotatable bonds is 5. The smallest absolute Gasteiger partial charge is 0.166 e. The molecule has 140 valence electrons. The molecule has 1 aliphatic rings. The van der Waals surface area contributed by atoms with Crippen molar-refractivity contribution in [2.75, 3.05) is 0 Å². The summed E-state index contributed by atoms with van der Waals surface area (Å²) < 4.78 is 35.3. The fourth-order valence-electron chi connectivity index (χ4n) is 3.54. The number of nitrogens with one attached hydrogen (secondary N) is 1. The van der Waals surface area contributed by atoms with Crippen LogP contribution in [0.2, 0.25) is 0 Å². The van der Waals surface area contributed by atoms with Crippen LogP contribution < -0.4 is 10.1 Å². The standard InChI is InChI=1S/C21H21F2N3O/c1-26-19-7-4-6-18(15(19)13-25-26)24-12-14-9-10-21(17(23)11-14)27-20-8-3-2-5-16(20)22/h2-3,5,8-11,13,18,24H,4,6-7,12H2,1H3. The topological polar surface area (TPSA) is 39.1 Å². The Hall–Kier alpha value is -2.73. The number of nitrogens with zero attached hydrogens (tertiary/aromatic N) is 2. The number of para-hydroxylation sites is 1. The van der Waals surface area contributed by atoms with Gasteiger partial charge in [0.05, 0.1) is 6.20 Å². The van der Waals surface area contributed by atoms with E-state index in [9.17, 15) is 8.78 Å². The molecule has 0 amide bonds. The summed E-state index contributed by atoms with van der Waals surface area (Å²) in [6.07, 6.45) is 5.10. The predicted octanol–water partition coefficient (Wildman–Crippen LogP) is 4.66. The number of hydrogen-bond donors (Lipinski definition) is 1. The Balaban J connectivity index is 1.44. The molecule has 1 aliphatic carbocycles. The summed E-state index contributed by atoms with van der Waals surface area (Å²) >= 11 is 0. The first kappa shape index (κ1) is 17.7. The van der Waals surface area contributed by atoms with E-state index in [4.69, 9.17) is 4.74 Å². The third-order valence-corrected chi connectivity index (χ3v) is 4.98. The number of halogens is 2. The quantitative estimate of drug-likeness (QED) is 0.711. The molecule has 0 radical (unpaired) electrons. The van der Waals surface area contributed by atoms with Crippen molar-refractivity contribution in [2.45, 2.75) is 31.8 Å². The molecule has 2 aromatic carbocycles. The third kappa shape index (κ3) is 3.71. The maximum atomic E-state index is 14.4. The Bertz CT molecular complexity index is 954. The molecule has 3 aromatic rings. The van der Waals surface area contributed by atoms with E-state index in [1.165, 1.54) is 35.5 Å². The summed E-state index contributed by atoms with van der Waals surface area (Å²) in [7, 11) is 1.96. The molecule has 1 atom stereocenters. The van der Waals surface area contributed by atoms with Gasteiger partial charge in [-0.15, -0.1) is 0 Å². The summed E-state index contributed by atoms with van der Waals surface area (Å²) in [5, 5.41) is 7.84. The summed E-state index contributed by atoms with van der Waals surface area (Å²) in [6, 6.07) is 10.9. The van der Waals surface area contributed by atoms with Crippen molar-refractivity contribution < 1.29 is 13.5 Å². The Morgan fingerprint density at radius 3 is 2.78 bits per heavy atom. The first-order chi connectivity index (χ1) is 13.1. The normalized spacial score (nSPS) is 16.2. The molecule has 4 rings (SSSR count). The molecule has 0 saturated carbocycles. The lowest BCUT2D eigenvalue weighted by molar-refractivity contribution is 0.413. The van der Waals surface area contributed by atoms with Gasteiger partial charge in [0, 0.05) is 30.9 Å². The zero-order valence-corrected chi connectivity index (χ0v) is 15.1. The van der Waals surface area contributed by atoms with Gasteiger partial charge in [-0.3, -0.25) is 4.68 Å². The molecule has 0 aliphatic heterocycles. The summed E-state index contributed by atoms with van der Waals surface area (Å²) in [5.74, 6) is -1.01. The van der Waals surface area contributed by atoms with Crippen LogP contribution in [0.1, 0.15) is 35.7 Å². The number of aromatic nitrogens is 2. The molecule has 0 fully saturated rings. The third-order valence-electron chi connectivity index (χ3n) is 4.98. The van der Waals surface area contributed by atoms with Gasteiger partial charge < -0.3 is 10.1 Å². The fourth-order valence-corrected chi connectivity index (χ4v) is 3.54. The molecule has 1 heterocycles. The van der Waals surface area contributed by atoms with Crippen LogP contribution in [0.4, 0.5) is 8.78 Å². The molecule has 0 bridgehead atoms. The van der Waals surface area contributed by atoms with Gasteiger partial charge in [0.25, 0.3) is 0 Å². The SMILES string of the molecule is Cn1ncc2c1CCCC2NCc1ccc(Oc2ccccc2F)c(F)c1. The van der Waals surface area contributed by atoms with Gasteiger partial charge in [0.15, 0.2) is 23.1 Å². The highest BCUT2D eigenvalue weighted by atomic mass is 19.1. The summed E-state index contributed by atoms with van der Waals surface area (Å²) in [4.78, 5) is 0. The second-order valence-electron chi connectivity index (χ2n) is 6.79. The number of hydrogen-bond acceptors (Lipinski definition) is 3. The zero-order chi connectivity index (χ0) is 18.8. The van der Waals surface area contributed by atoms with E-state index in [0.717, 1.165) is 24.8 Å². The van der Waals surface area contributed by atoms with E-state index in [0.29, 0.717) is 6.54 Å². The van der Waals surface area contributed by atoms with E-state index in [2.05, 4.69) is 10.4 Å². The first-order valence-electron chi connectivity index (χ1n) is 9.07. The molecule has 4 nitrogen and oxygen atoms in total. The Morgan fingerprint density at radius 1 is 1.15 bits per heavy atom.